The molecule has 10 heteroatoms. The maximum Gasteiger partial charge on any atom is 0.321 e. The molecule has 0 radical (unpaired) electrons. The van der Waals surface area contributed by atoms with Crippen LogP contribution in [0.25, 0.3) is 0 Å². The number of aliphatic carboxylic acids is 1. The number of nitrogens with zero attached hydrogens (tertiary/aromatic N) is 1. The van der Waals surface area contributed by atoms with E-state index in [1.54, 1.807) is 6.07 Å². The molecule has 0 spiro atoms. The van der Waals surface area contributed by atoms with E-state index < -0.39 is 27.4 Å². The number of hydrogen-bond donors (Lipinski definition) is 3. The number of likely N-dealkylation sites (tertiary alicyclic amines) is 1. The van der Waals surface area contributed by atoms with Crippen LogP contribution in [-0.2, 0) is 14.8 Å². The number of sulfonamides is 1. The van der Waals surface area contributed by atoms with Crippen LogP contribution in [0.3, 0.4) is 0 Å². The van der Waals surface area contributed by atoms with Crippen LogP contribution in [0.1, 0.15) is 19.3 Å². The minimum atomic E-state index is -3.46. The highest BCUT2D eigenvalue weighted by Crippen LogP contribution is 2.49. The monoisotopic (exact) mass is 397 g/mol. The topological polar surface area (TPSA) is 125 Å². The molecule has 2 fully saturated rings. The van der Waals surface area contributed by atoms with Gasteiger partial charge < -0.3 is 20.1 Å². The predicted octanol–water partition coefficient (Wildman–Crippen LogP) is 1.79. The number of methoxy groups -OCH3 is 1. The molecule has 9 nitrogen and oxygen atoms in total. The summed E-state index contributed by atoms with van der Waals surface area (Å²) in [6.45, 7) is 0.560. The first-order valence-electron chi connectivity index (χ1n) is 8.60. The van der Waals surface area contributed by atoms with E-state index >= 15 is 0 Å². The molecule has 27 heavy (non-hydrogen) atoms. The van der Waals surface area contributed by atoms with Crippen molar-refractivity contribution in [1.29, 1.82) is 0 Å². The lowest BCUT2D eigenvalue weighted by atomic mass is 9.81. The van der Waals surface area contributed by atoms with Crippen molar-refractivity contribution < 1.29 is 27.9 Å². The minimum Gasteiger partial charge on any atom is -0.495 e. The van der Waals surface area contributed by atoms with Crippen LogP contribution in [0.4, 0.5) is 16.2 Å². The predicted molar refractivity (Wildman–Crippen MR) is 99.5 cm³/mol. The van der Waals surface area contributed by atoms with E-state index in [2.05, 4.69) is 10.0 Å². The molecule has 2 amide bonds. The molecule has 3 N–H and O–H groups in total. The number of urea groups is 1. The van der Waals surface area contributed by atoms with Gasteiger partial charge in [0.1, 0.15) is 5.75 Å². The fourth-order valence-corrected chi connectivity index (χ4v) is 4.63. The van der Waals surface area contributed by atoms with Crippen molar-refractivity contribution in [3.05, 3.63) is 18.2 Å². The van der Waals surface area contributed by atoms with Crippen LogP contribution >= 0.6 is 0 Å². The molecule has 2 atom stereocenters. The summed E-state index contributed by atoms with van der Waals surface area (Å²) in [6, 6.07) is 4.09. The number of anilines is 2. The van der Waals surface area contributed by atoms with Gasteiger partial charge in [-0.15, -0.1) is 0 Å². The molecule has 0 aromatic heterocycles. The van der Waals surface area contributed by atoms with E-state index in [0.29, 0.717) is 24.4 Å². The number of fused-ring (bicyclic) bond motifs is 1. The number of carboxylic acid groups (broad SMARTS) is 1. The highest BCUT2D eigenvalue weighted by Gasteiger charge is 2.55. The molecule has 0 unspecified atom stereocenters. The molecule has 1 aliphatic heterocycles. The molecule has 1 aromatic rings. The smallest absolute Gasteiger partial charge is 0.321 e. The third-order valence-electron chi connectivity index (χ3n) is 5.33. The summed E-state index contributed by atoms with van der Waals surface area (Å²) < 4.78 is 30.4. The summed E-state index contributed by atoms with van der Waals surface area (Å²) in [7, 11) is -2.03. The summed E-state index contributed by atoms with van der Waals surface area (Å²) in [5, 5.41) is 12.4. The van der Waals surface area contributed by atoms with Gasteiger partial charge >= 0.3 is 12.0 Å². The van der Waals surface area contributed by atoms with E-state index in [-0.39, 0.29) is 18.2 Å². The van der Waals surface area contributed by atoms with Gasteiger partial charge in [0.15, 0.2) is 0 Å². The summed E-state index contributed by atoms with van der Waals surface area (Å²) in [6.07, 6.45) is 3.27. The van der Waals surface area contributed by atoms with Gasteiger partial charge in [0.2, 0.25) is 10.0 Å². The Morgan fingerprint density at radius 1 is 1.37 bits per heavy atom. The number of ether oxygens (including phenoxy) is 1. The minimum absolute atomic E-state index is 0.0409. The van der Waals surface area contributed by atoms with Crippen LogP contribution in [0.5, 0.6) is 5.75 Å². The van der Waals surface area contributed by atoms with Crippen LogP contribution in [-0.4, -0.2) is 56.9 Å². The lowest BCUT2D eigenvalue weighted by Gasteiger charge is -2.23. The molecule has 0 bridgehead atoms. The lowest BCUT2D eigenvalue weighted by Crippen LogP contribution is -2.38. The Balaban J connectivity index is 1.78. The molecule has 3 rings (SSSR count). The number of nitrogens with one attached hydrogen (secondary N) is 2. The van der Waals surface area contributed by atoms with E-state index in [4.69, 9.17) is 4.74 Å². The second-order valence-electron chi connectivity index (χ2n) is 7.15. The number of amides is 2. The first-order chi connectivity index (χ1) is 12.6. The molecule has 1 saturated heterocycles. The third-order valence-corrected chi connectivity index (χ3v) is 5.93. The zero-order valence-electron chi connectivity index (χ0n) is 15.2. The SMILES string of the molecule is COc1ccc(NS(C)(=O)=O)cc1NC(=O)N1C[C@@H]2CCC[C@@]2(C(=O)O)C1. The van der Waals surface area contributed by atoms with Crippen LogP contribution in [0.2, 0.25) is 0 Å². The standard InChI is InChI=1S/C17H23N3O6S/c1-26-14-6-5-12(19-27(2,24)25)8-13(14)18-16(23)20-9-11-4-3-7-17(11,10-20)15(21)22/h5-6,8,11,19H,3-4,7,9-10H2,1-2H3,(H,18,23)(H,21,22)/t11-,17+/m0/s1. The molecule has 148 valence electrons. The Kier molecular flexibility index (Phi) is 4.94. The maximum atomic E-state index is 12.7. The summed E-state index contributed by atoms with van der Waals surface area (Å²) in [5.74, 6) is -0.521. The van der Waals surface area contributed by atoms with Gasteiger partial charge in [-0.1, -0.05) is 6.42 Å². The highest BCUT2D eigenvalue weighted by atomic mass is 32.2. The average molecular weight is 397 g/mol. The van der Waals surface area contributed by atoms with Gasteiger partial charge in [-0.25, -0.2) is 13.2 Å². The van der Waals surface area contributed by atoms with Gasteiger partial charge in [0.25, 0.3) is 0 Å². The molecule has 2 aliphatic rings. The molecule has 1 heterocycles. The molecule has 1 aliphatic carbocycles. The van der Waals surface area contributed by atoms with Crippen molar-refractivity contribution in [1.82, 2.24) is 4.90 Å². The zero-order valence-corrected chi connectivity index (χ0v) is 16.0. The lowest BCUT2D eigenvalue weighted by molar-refractivity contribution is -0.149. The van der Waals surface area contributed by atoms with Gasteiger partial charge in [-0.3, -0.25) is 9.52 Å². The Morgan fingerprint density at radius 2 is 2.11 bits per heavy atom. The average Bonchev–Trinajstić information content (AvgIpc) is 3.11. The zero-order chi connectivity index (χ0) is 19.8. The second kappa shape index (κ2) is 6.91. The summed E-state index contributed by atoms with van der Waals surface area (Å²) in [4.78, 5) is 26.0. The van der Waals surface area contributed by atoms with E-state index in [0.717, 1.165) is 19.1 Å². The van der Waals surface area contributed by atoms with Crippen LogP contribution in [0, 0.1) is 11.3 Å². The molecular formula is C17H23N3O6S. The van der Waals surface area contributed by atoms with Crippen LogP contribution < -0.4 is 14.8 Å². The van der Waals surface area contributed by atoms with Crippen molar-refractivity contribution in [2.45, 2.75) is 19.3 Å². The van der Waals surface area contributed by atoms with Crippen molar-refractivity contribution >= 4 is 33.4 Å². The summed E-state index contributed by atoms with van der Waals surface area (Å²) >= 11 is 0. The molecule has 1 aromatic carbocycles. The Hall–Kier alpha value is -2.49. The van der Waals surface area contributed by atoms with Crippen molar-refractivity contribution in [3.63, 3.8) is 0 Å². The highest BCUT2D eigenvalue weighted by molar-refractivity contribution is 7.92. The van der Waals surface area contributed by atoms with E-state index in [1.807, 2.05) is 0 Å². The number of benzene rings is 1. The fourth-order valence-electron chi connectivity index (χ4n) is 4.07. The quantitative estimate of drug-likeness (QED) is 0.696. The normalized spacial score (nSPS) is 24.4. The fraction of sp³-hybridized carbons (Fsp3) is 0.529. The van der Waals surface area contributed by atoms with Crippen molar-refractivity contribution in [3.8, 4) is 5.75 Å². The number of rotatable bonds is 5. The third kappa shape index (κ3) is 3.80. The molecule has 1 saturated carbocycles. The number of hydrogen-bond acceptors (Lipinski definition) is 5. The number of carbonyl (C=O) groups is 2. The van der Waals surface area contributed by atoms with Gasteiger partial charge in [-0.05, 0) is 37.0 Å². The first kappa shape index (κ1) is 19.3. The van der Waals surface area contributed by atoms with Gasteiger partial charge in [0.05, 0.1) is 30.2 Å². The van der Waals surface area contributed by atoms with Gasteiger partial charge in [0, 0.05) is 13.1 Å². The Labute approximate surface area is 157 Å². The van der Waals surface area contributed by atoms with Crippen molar-refractivity contribution in [2.24, 2.45) is 11.3 Å². The van der Waals surface area contributed by atoms with E-state index in [1.165, 1.54) is 24.1 Å². The van der Waals surface area contributed by atoms with Crippen LogP contribution in [0.15, 0.2) is 18.2 Å². The van der Waals surface area contributed by atoms with Crippen molar-refractivity contribution in [2.75, 3.05) is 36.5 Å². The Morgan fingerprint density at radius 3 is 2.70 bits per heavy atom. The van der Waals surface area contributed by atoms with E-state index in [9.17, 15) is 23.1 Å². The first-order valence-corrected chi connectivity index (χ1v) is 10.5. The maximum absolute atomic E-state index is 12.7. The number of carboxylic acids is 1. The molecular weight excluding hydrogens is 374 g/mol. The number of carbonyl (C=O) groups excluding carboxylic acids is 1. The Bertz CT molecular complexity index is 871. The summed E-state index contributed by atoms with van der Waals surface area (Å²) in [5.41, 5.74) is -0.271. The largest absolute Gasteiger partial charge is 0.495 e. The second-order valence-corrected chi connectivity index (χ2v) is 8.90. The van der Waals surface area contributed by atoms with Gasteiger partial charge in [-0.2, -0.15) is 0 Å².